The molecule has 1 saturated heterocycles. The van der Waals surface area contributed by atoms with E-state index in [0.717, 1.165) is 25.0 Å². The second-order valence-electron chi connectivity index (χ2n) is 8.41. The van der Waals surface area contributed by atoms with Crippen LogP contribution in [0.1, 0.15) is 65.2 Å². The molecule has 0 aromatic heterocycles. The Kier molecular flexibility index (Phi) is 9.76. The molecule has 2 fully saturated rings. The molecule has 152 valence electrons. The van der Waals surface area contributed by atoms with Crippen LogP contribution in [0.5, 0.6) is 0 Å². The number of guanidine groups is 1. The lowest BCUT2D eigenvalue weighted by Crippen LogP contribution is -2.49. The van der Waals surface area contributed by atoms with Crippen LogP contribution in [0.2, 0.25) is 0 Å². The number of nitrogens with one attached hydrogen (secondary N) is 2. The molecule has 1 heterocycles. The molecule has 2 N–H and O–H groups in total. The fourth-order valence-corrected chi connectivity index (χ4v) is 4.57. The highest BCUT2D eigenvalue weighted by molar-refractivity contribution is 5.80. The minimum Gasteiger partial charge on any atom is -0.357 e. The standard InChI is InChI=1S/C21H43N5/c1-5-14-26-15-12-19(13-16-26)24-21(22-6-2)23-17-20(25(3)4)18-10-8-7-9-11-18/h18-20H,5-17H2,1-4H3,(H2,22,23,24). The predicted molar refractivity (Wildman–Crippen MR) is 113 cm³/mol. The van der Waals surface area contributed by atoms with Crippen molar-refractivity contribution in [1.29, 1.82) is 0 Å². The van der Waals surface area contributed by atoms with Gasteiger partial charge in [0.15, 0.2) is 5.96 Å². The lowest BCUT2D eigenvalue weighted by Gasteiger charge is -2.35. The second kappa shape index (κ2) is 11.8. The van der Waals surface area contributed by atoms with Gasteiger partial charge in [0.2, 0.25) is 0 Å². The van der Waals surface area contributed by atoms with Crippen LogP contribution >= 0.6 is 0 Å². The summed E-state index contributed by atoms with van der Waals surface area (Å²) < 4.78 is 0. The van der Waals surface area contributed by atoms with Gasteiger partial charge in [-0.25, -0.2) is 0 Å². The third-order valence-electron chi connectivity index (χ3n) is 6.11. The van der Waals surface area contributed by atoms with Crippen LogP contribution in [0.3, 0.4) is 0 Å². The van der Waals surface area contributed by atoms with Gasteiger partial charge in [-0.1, -0.05) is 26.2 Å². The zero-order chi connectivity index (χ0) is 18.8. The third kappa shape index (κ3) is 7.07. The first kappa shape index (κ1) is 21.5. The number of piperidine rings is 1. The normalized spacial score (nSPS) is 22.6. The van der Waals surface area contributed by atoms with Crippen LogP contribution in [-0.2, 0) is 0 Å². The molecule has 5 heteroatoms. The fraction of sp³-hybridized carbons (Fsp3) is 0.952. The molecular formula is C21H43N5. The number of likely N-dealkylation sites (N-methyl/N-ethyl adjacent to an activating group) is 1. The van der Waals surface area contributed by atoms with E-state index in [1.165, 1.54) is 71.0 Å². The molecule has 0 aromatic rings. The lowest BCUT2D eigenvalue weighted by molar-refractivity contribution is 0.175. The van der Waals surface area contributed by atoms with E-state index in [9.17, 15) is 0 Å². The summed E-state index contributed by atoms with van der Waals surface area (Å²) in [6, 6.07) is 1.13. The molecule has 2 rings (SSSR count). The predicted octanol–water partition coefficient (Wildman–Crippen LogP) is 2.93. The van der Waals surface area contributed by atoms with E-state index in [0.29, 0.717) is 12.1 Å². The van der Waals surface area contributed by atoms with E-state index in [4.69, 9.17) is 4.99 Å². The molecule has 0 aromatic carbocycles. The zero-order valence-corrected chi connectivity index (χ0v) is 17.8. The Morgan fingerprint density at radius 3 is 2.35 bits per heavy atom. The van der Waals surface area contributed by atoms with Gasteiger partial charge in [-0.05, 0) is 65.6 Å². The Morgan fingerprint density at radius 2 is 1.77 bits per heavy atom. The summed E-state index contributed by atoms with van der Waals surface area (Å²) in [4.78, 5) is 9.98. The van der Waals surface area contributed by atoms with E-state index < -0.39 is 0 Å². The molecule has 0 bridgehead atoms. The molecule has 1 atom stereocenters. The Balaban J connectivity index is 1.88. The van der Waals surface area contributed by atoms with Crippen molar-refractivity contribution in [2.75, 3.05) is 46.8 Å². The van der Waals surface area contributed by atoms with E-state index in [-0.39, 0.29) is 0 Å². The second-order valence-corrected chi connectivity index (χ2v) is 8.41. The maximum atomic E-state index is 5.00. The van der Waals surface area contributed by atoms with Gasteiger partial charge in [0.1, 0.15) is 0 Å². The van der Waals surface area contributed by atoms with E-state index >= 15 is 0 Å². The summed E-state index contributed by atoms with van der Waals surface area (Å²) >= 11 is 0. The van der Waals surface area contributed by atoms with E-state index in [2.05, 4.69) is 48.4 Å². The van der Waals surface area contributed by atoms with Gasteiger partial charge in [0.25, 0.3) is 0 Å². The van der Waals surface area contributed by atoms with E-state index in [1.54, 1.807) is 0 Å². The smallest absolute Gasteiger partial charge is 0.191 e. The van der Waals surface area contributed by atoms with Crippen LogP contribution in [0.4, 0.5) is 0 Å². The van der Waals surface area contributed by atoms with E-state index in [1.807, 2.05) is 0 Å². The quantitative estimate of drug-likeness (QED) is 0.513. The molecular weight excluding hydrogens is 322 g/mol. The first-order valence-corrected chi connectivity index (χ1v) is 11.1. The monoisotopic (exact) mass is 365 g/mol. The van der Waals surface area contributed by atoms with Crippen LogP contribution in [0.15, 0.2) is 4.99 Å². The highest BCUT2D eigenvalue weighted by atomic mass is 15.2. The van der Waals surface area contributed by atoms with Crippen molar-refractivity contribution in [3.63, 3.8) is 0 Å². The topological polar surface area (TPSA) is 42.9 Å². The summed E-state index contributed by atoms with van der Waals surface area (Å²) in [7, 11) is 4.44. The average Bonchev–Trinajstić information content (AvgIpc) is 2.64. The summed E-state index contributed by atoms with van der Waals surface area (Å²) in [6.07, 6.45) is 10.7. The lowest BCUT2D eigenvalue weighted by atomic mass is 9.83. The number of hydrogen-bond acceptors (Lipinski definition) is 3. The first-order valence-electron chi connectivity index (χ1n) is 11.1. The minimum absolute atomic E-state index is 0.563. The highest BCUT2D eigenvalue weighted by Crippen LogP contribution is 2.28. The van der Waals surface area contributed by atoms with Gasteiger partial charge >= 0.3 is 0 Å². The molecule has 1 unspecified atom stereocenters. The van der Waals surface area contributed by atoms with Gasteiger partial charge in [-0.15, -0.1) is 0 Å². The summed E-state index contributed by atoms with van der Waals surface area (Å²) in [6.45, 7) is 9.94. The van der Waals surface area contributed by atoms with Crippen LogP contribution in [-0.4, -0.2) is 74.7 Å². The van der Waals surface area contributed by atoms with Gasteiger partial charge in [0.05, 0.1) is 6.54 Å². The molecule has 1 aliphatic heterocycles. The third-order valence-corrected chi connectivity index (χ3v) is 6.11. The summed E-state index contributed by atoms with van der Waals surface area (Å²) in [5, 5.41) is 7.18. The first-order chi connectivity index (χ1) is 12.6. The molecule has 1 aliphatic carbocycles. The number of hydrogen-bond donors (Lipinski definition) is 2. The van der Waals surface area contributed by atoms with Crippen LogP contribution < -0.4 is 10.6 Å². The van der Waals surface area contributed by atoms with Crippen molar-refractivity contribution in [3.05, 3.63) is 0 Å². The van der Waals surface area contributed by atoms with Gasteiger partial charge < -0.3 is 20.4 Å². The molecule has 0 spiro atoms. The number of aliphatic imine (C=N–C) groups is 1. The molecule has 1 saturated carbocycles. The SMILES string of the molecule is CCCN1CCC(NC(=NCC(C2CCCCC2)N(C)C)NCC)CC1. The Morgan fingerprint density at radius 1 is 1.08 bits per heavy atom. The maximum absolute atomic E-state index is 5.00. The van der Waals surface area contributed by atoms with Gasteiger partial charge in [-0.2, -0.15) is 0 Å². The molecule has 5 nitrogen and oxygen atoms in total. The summed E-state index contributed by atoms with van der Waals surface area (Å²) in [5.41, 5.74) is 0. The van der Waals surface area contributed by atoms with Gasteiger partial charge in [0, 0.05) is 31.7 Å². The largest absolute Gasteiger partial charge is 0.357 e. The number of nitrogens with zero attached hydrogens (tertiary/aromatic N) is 3. The molecule has 2 aliphatic rings. The number of likely N-dealkylation sites (tertiary alicyclic amines) is 1. The van der Waals surface area contributed by atoms with Crippen molar-refractivity contribution in [1.82, 2.24) is 20.4 Å². The van der Waals surface area contributed by atoms with Crippen molar-refractivity contribution in [3.8, 4) is 0 Å². The Bertz CT molecular complexity index is 395. The van der Waals surface area contributed by atoms with Crippen LogP contribution in [0.25, 0.3) is 0 Å². The summed E-state index contributed by atoms with van der Waals surface area (Å²) in [5.74, 6) is 1.83. The Hall–Kier alpha value is -0.810. The minimum atomic E-state index is 0.563. The molecule has 0 radical (unpaired) electrons. The molecule has 0 amide bonds. The van der Waals surface area contributed by atoms with Crippen molar-refractivity contribution < 1.29 is 0 Å². The fourth-order valence-electron chi connectivity index (χ4n) is 4.57. The number of rotatable bonds is 8. The van der Waals surface area contributed by atoms with Crippen molar-refractivity contribution in [2.45, 2.75) is 77.3 Å². The average molecular weight is 366 g/mol. The van der Waals surface area contributed by atoms with Crippen molar-refractivity contribution >= 4 is 5.96 Å². The van der Waals surface area contributed by atoms with Crippen molar-refractivity contribution in [2.24, 2.45) is 10.9 Å². The maximum Gasteiger partial charge on any atom is 0.191 e. The zero-order valence-electron chi connectivity index (χ0n) is 17.8. The molecule has 26 heavy (non-hydrogen) atoms. The van der Waals surface area contributed by atoms with Gasteiger partial charge in [-0.3, -0.25) is 4.99 Å². The van der Waals surface area contributed by atoms with Crippen LogP contribution in [0, 0.1) is 5.92 Å². The Labute approximate surface area is 162 Å². The highest BCUT2D eigenvalue weighted by Gasteiger charge is 2.25.